The molecule has 1 aromatic carbocycles. The Kier molecular flexibility index (Phi) is 5.28. The monoisotopic (exact) mass is 336 g/mol. The van der Waals surface area contributed by atoms with Crippen LogP contribution < -0.4 is 10.2 Å². The van der Waals surface area contributed by atoms with Gasteiger partial charge in [-0.1, -0.05) is 42.8 Å². The van der Waals surface area contributed by atoms with Crippen molar-refractivity contribution in [3.05, 3.63) is 59.8 Å². The van der Waals surface area contributed by atoms with Crippen LogP contribution in [-0.2, 0) is 6.54 Å². The highest BCUT2D eigenvalue weighted by atomic mass is 15.2. The van der Waals surface area contributed by atoms with E-state index >= 15 is 0 Å². The minimum Gasteiger partial charge on any atom is -0.354 e. The maximum Gasteiger partial charge on any atom is 0.133 e. The van der Waals surface area contributed by atoms with Crippen molar-refractivity contribution in [2.75, 3.05) is 37.6 Å². The molecule has 132 valence electrons. The Bertz CT molecular complexity index is 667. The Morgan fingerprint density at radius 3 is 2.64 bits per heavy atom. The van der Waals surface area contributed by atoms with Crippen molar-refractivity contribution in [3.63, 3.8) is 0 Å². The third-order valence-corrected chi connectivity index (χ3v) is 5.43. The fourth-order valence-electron chi connectivity index (χ4n) is 4.16. The van der Waals surface area contributed by atoms with Gasteiger partial charge >= 0.3 is 0 Å². The molecule has 2 saturated heterocycles. The molecule has 0 spiro atoms. The summed E-state index contributed by atoms with van der Waals surface area (Å²) in [7, 11) is 0. The molecule has 0 unspecified atom stereocenters. The molecular formula is C21H28N4. The number of benzene rings is 1. The van der Waals surface area contributed by atoms with Gasteiger partial charge in [0.2, 0.25) is 0 Å². The summed E-state index contributed by atoms with van der Waals surface area (Å²) in [6.45, 7) is 6.41. The van der Waals surface area contributed by atoms with Crippen molar-refractivity contribution in [2.24, 2.45) is 0 Å². The molecule has 4 nitrogen and oxygen atoms in total. The van der Waals surface area contributed by atoms with E-state index in [-0.39, 0.29) is 0 Å². The molecule has 2 fully saturated rings. The van der Waals surface area contributed by atoms with Gasteiger partial charge in [-0.2, -0.15) is 0 Å². The lowest BCUT2D eigenvalue weighted by molar-refractivity contribution is 0.140. The summed E-state index contributed by atoms with van der Waals surface area (Å²) < 4.78 is 0. The predicted octanol–water partition coefficient (Wildman–Crippen LogP) is 3.22. The normalized spacial score (nSPS) is 22.1. The third-order valence-electron chi connectivity index (χ3n) is 5.43. The zero-order valence-corrected chi connectivity index (χ0v) is 14.9. The van der Waals surface area contributed by atoms with Crippen LogP contribution in [0.4, 0.5) is 5.82 Å². The number of nitrogens with one attached hydrogen (secondary N) is 1. The summed E-state index contributed by atoms with van der Waals surface area (Å²) >= 11 is 0. The molecule has 0 radical (unpaired) electrons. The van der Waals surface area contributed by atoms with Crippen LogP contribution in [0.15, 0.2) is 48.7 Å². The van der Waals surface area contributed by atoms with E-state index in [1.165, 1.54) is 42.8 Å². The van der Waals surface area contributed by atoms with Crippen molar-refractivity contribution >= 4 is 5.82 Å². The van der Waals surface area contributed by atoms with Gasteiger partial charge in [0, 0.05) is 50.5 Å². The quantitative estimate of drug-likeness (QED) is 0.929. The van der Waals surface area contributed by atoms with Gasteiger partial charge in [-0.05, 0) is 31.0 Å². The lowest BCUT2D eigenvalue weighted by Crippen LogP contribution is -2.45. The van der Waals surface area contributed by atoms with E-state index in [1.807, 2.05) is 6.20 Å². The van der Waals surface area contributed by atoms with E-state index in [0.29, 0.717) is 6.04 Å². The van der Waals surface area contributed by atoms with Crippen LogP contribution in [0.25, 0.3) is 0 Å². The number of piperazine rings is 1. The molecule has 4 rings (SSSR count). The largest absolute Gasteiger partial charge is 0.354 e. The van der Waals surface area contributed by atoms with Gasteiger partial charge in [0.1, 0.15) is 5.82 Å². The molecule has 2 aliphatic rings. The van der Waals surface area contributed by atoms with Crippen molar-refractivity contribution in [2.45, 2.75) is 31.8 Å². The fraction of sp³-hybridized carbons (Fsp3) is 0.476. The average Bonchev–Trinajstić information content (AvgIpc) is 2.70. The van der Waals surface area contributed by atoms with E-state index in [4.69, 9.17) is 4.98 Å². The highest BCUT2D eigenvalue weighted by Gasteiger charge is 2.28. The summed E-state index contributed by atoms with van der Waals surface area (Å²) in [5.74, 6) is 1.20. The molecule has 3 heterocycles. The number of anilines is 1. The van der Waals surface area contributed by atoms with Gasteiger partial charge in [0.25, 0.3) is 0 Å². The zero-order chi connectivity index (χ0) is 16.9. The van der Waals surface area contributed by atoms with Crippen LogP contribution >= 0.6 is 0 Å². The SMILES string of the molecule is c1ccc(CN2CCCC[C@H]2c2cccnc2N2CCNCC2)cc1. The first-order valence-electron chi connectivity index (χ1n) is 9.60. The van der Waals surface area contributed by atoms with Crippen molar-refractivity contribution < 1.29 is 0 Å². The van der Waals surface area contributed by atoms with Gasteiger partial charge in [-0.25, -0.2) is 4.98 Å². The Labute approximate surface area is 150 Å². The zero-order valence-electron chi connectivity index (χ0n) is 14.9. The van der Waals surface area contributed by atoms with Crippen LogP contribution in [0, 0.1) is 0 Å². The van der Waals surface area contributed by atoms with Crippen LogP contribution in [0.5, 0.6) is 0 Å². The standard InChI is InChI=1S/C21H28N4/c1-2-7-18(8-3-1)17-25-14-5-4-10-20(25)19-9-6-11-23-21(19)24-15-12-22-13-16-24/h1-3,6-9,11,20,22H,4-5,10,12-17H2/t20-/m0/s1. The maximum absolute atomic E-state index is 4.79. The second kappa shape index (κ2) is 7.98. The molecule has 25 heavy (non-hydrogen) atoms. The molecule has 1 atom stereocenters. The van der Waals surface area contributed by atoms with E-state index in [1.54, 1.807) is 0 Å². The minimum atomic E-state index is 0.479. The van der Waals surface area contributed by atoms with Gasteiger partial charge in [0.05, 0.1) is 0 Å². The summed E-state index contributed by atoms with van der Waals surface area (Å²) in [6, 6.07) is 15.8. The average molecular weight is 336 g/mol. The number of pyridine rings is 1. The van der Waals surface area contributed by atoms with Crippen LogP contribution in [0.3, 0.4) is 0 Å². The second-order valence-electron chi connectivity index (χ2n) is 7.12. The lowest BCUT2D eigenvalue weighted by atomic mass is 9.94. The Balaban J connectivity index is 1.60. The molecule has 1 N–H and O–H groups in total. The number of hydrogen-bond acceptors (Lipinski definition) is 4. The Morgan fingerprint density at radius 2 is 1.80 bits per heavy atom. The van der Waals surface area contributed by atoms with Gasteiger partial charge < -0.3 is 10.2 Å². The smallest absolute Gasteiger partial charge is 0.133 e. The molecule has 2 aromatic rings. The summed E-state index contributed by atoms with van der Waals surface area (Å²) in [6.07, 6.45) is 5.79. The number of hydrogen-bond donors (Lipinski definition) is 1. The highest BCUT2D eigenvalue weighted by molar-refractivity contribution is 5.49. The minimum absolute atomic E-state index is 0.479. The van der Waals surface area contributed by atoms with E-state index in [9.17, 15) is 0 Å². The molecule has 2 aliphatic heterocycles. The highest BCUT2D eigenvalue weighted by Crippen LogP contribution is 2.36. The first-order chi connectivity index (χ1) is 12.4. The van der Waals surface area contributed by atoms with Gasteiger partial charge in [0.15, 0.2) is 0 Å². The third kappa shape index (κ3) is 3.86. The van der Waals surface area contributed by atoms with E-state index in [2.05, 4.69) is 57.6 Å². The van der Waals surface area contributed by atoms with Crippen LogP contribution in [0.2, 0.25) is 0 Å². The topological polar surface area (TPSA) is 31.4 Å². The van der Waals surface area contributed by atoms with Crippen LogP contribution in [0.1, 0.15) is 36.4 Å². The Hall–Kier alpha value is -1.91. The van der Waals surface area contributed by atoms with Crippen LogP contribution in [-0.4, -0.2) is 42.6 Å². The molecule has 0 bridgehead atoms. The number of aromatic nitrogens is 1. The van der Waals surface area contributed by atoms with E-state index in [0.717, 1.165) is 32.7 Å². The summed E-state index contributed by atoms with van der Waals surface area (Å²) in [4.78, 5) is 9.90. The molecule has 1 aromatic heterocycles. The first kappa shape index (κ1) is 16.6. The van der Waals surface area contributed by atoms with Gasteiger partial charge in [-0.3, -0.25) is 4.90 Å². The number of likely N-dealkylation sites (tertiary alicyclic amines) is 1. The number of nitrogens with zero attached hydrogens (tertiary/aromatic N) is 3. The molecule has 0 saturated carbocycles. The first-order valence-corrected chi connectivity index (χ1v) is 9.60. The second-order valence-corrected chi connectivity index (χ2v) is 7.12. The number of rotatable bonds is 4. The molecule has 4 heteroatoms. The molecule has 0 amide bonds. The lowest BCUT2D eigenvalue weighted by Gasteiger charge is -2.38. The van der Waals surface area contributed by atoms with E-state index < -0.39 is 0 Å². The van der Waals surface area contributed by atoms with Crippen molar-refractivity contribution in [3.8, 4) is 0 Å². The number of piperidine rings is 1. The maximum atomic E-state index is 4.79. The summed E-state index contributed by atoms with van der Waals surface area (Å²) in [5.41, 5.74) is 2.82. The summed E-state index contributed by atoms with van der Waals surface area (Å²) in [5, 5.41) is 3.45. The fourth-order valence-corrected chi connectivity index (χ4v) is 4.16. The Morgan fingerprint density at radius 1 is 0.960 bits per heavy atom. The molecule has 0 aliphatic carbocycles. The van der Waals surface area contributed by atoms with Crippen molar-refractivity contribution in [1.82, 2.24) is 15.2 Å². The van der Waals surface area contributed by atoms with Gasteiger partial charge in [-0.15, -0.1) is 0 Å². The molecular weight excluding hydrogens is 308 g/mol. The predicted molar refractivity (Wildman–Crippen MR) is 103 cm³/mol. The van der Waals surface area contributed by atoms with Crippen molar-refractivity contribution in [1.29, 1.82) is 0 Å².